The zero-order chi connectivity index (χ0) is 25.3. The Morgan fingerprint density at radius 3 is 2.46 bits per heavy atom. The van der Waals surface area contributed by atoms with E-state index in [2.05, 4.69) is 15.0 Å². The number of aryl methyl sites for hydroxylation is 2. The topological polar surface area (TPSA) is 113 Å². The first kappa shape index (κ1) is 24.2. The van der Waals surface area contributed by atoms with Gasteiger partial charge >= 0.3 is 0 Å². The number of fused-ring (bicyclic) bond motifs is 1. The van der Waals surface area contributed by atoms with Gasteiger partial charge in [-0.05, 0) is 63.6 Å². The number of benzene rings is 3. The number of hydrogen-bond acceptors (Lipinski definition) is 5. The van der Waals surface area contributed by atoms with Gasteiger partial charge in [0.2, 0.25) is 5.88 Å². The first-order valence-corrected chi connectivity index (χ1v) is 12.5. The highest BCUT2D eigenvalue weighted by Crippen LogP contribution is 2.40. The van der Waals surface area contributed by atoms with Gasteiger partial charge in [-0.15, -0.1) is 10.2 Å². The highest BCUT2D eigenvalue weighted by molar-refractivity contribution is 7.92. The van der Waals surface area contributed by atoms with Crippen LogP contribution in [0.2, 0.25) is 0 Å². The van der Waals surface area contributed by atoms with Crippen molar-refractivity contribution in [3.05, 3.63) is 83.4 Å². The number of anilines is 1. The van der Waals surface area contributed by atoms with Crippen molar-refractivity contribution in [3.8, 4) is 5.88 Å². The predicted molar refractivity (Wildman–Crippen MR) is 136 cm³/mol. The number of hydrogen-bond donors (Lipinski definition) is 2. The van der Waals surface area contributed by atoms with Crippen molar-refractivity contribution in [2.45, 2.75) is 38.6 Å². The number of rotatable bonds is 6. The summed E-state index contributed by atoms with van der Waals surface area (Å²) in [7, 11) is -3.93. The fourth-order valence-corrected chi connectivity index (χ4v) is 5.11. The Kier molecular flexibility index (Phi) is 6.45. The van der Waals surface area contributed by atoms with E-state index in [1.165, 1.54) is 24.3 Å². The number of nitrogens with one attached hydrogen (secondary N) is 1. The van der Waals surface area contributed by atoms with Crippen molar-refractivity contribution in [2.75, 3.05) is 4.72 Å². The summed E-state index contributed by atoms with van der Waals surface area (Å²) in [6.07, 6.45) is 0. The third-order valence-corrected chi connectivity index (χ3v) is 7.00. The Labute approximate surface area is 204 Å². The molecule has 0 atom stereocenters. The van der Waals surface area contributed by atoms with Crippen molar-refractivity contribution in [1.29, 1.82) is 0 Å². The summed E-state index contributed by atoms with van der Waals surface area (Å²) in [5.41, 5.74) is 3.28. The van der Waals surface area contributed by atoms with Gasteiger partial charge in [0.05, 0.1) is 16.1 Å². The van der Waals surface area contributed by atoms with Gasteiger partial charge in [-0.2, -0.15) is 0 Å². The van der Waals surface area contributed by atoms with Crippen LogP contribution >= 0.6 is 0 Å². The van der Waals surface area contributed by atoms with E-state index < -0.39 is 15.9 Å². The maximum Gasteiger partial charge on any atom is 0.295 e. The lowest BCUT2D eigenvalue weighted by Gasteiger charge is -2.11. The number of sulfonamides is 1. The summed E-state index contributed by atoms with van der Waals surface area (Å²) in [6, 6.07) is 18.3. The van der Waals surface area contributed by atoms with Gasteiger partial charge in [-0.3, -0.25) is 9.52 Å². The second-order valence-electron chi connectivity index (χ2n) is 8.61. The summed E-state index contributed by atoms with van der Waals surface area (Å²) in [5, 5.41) is 19.2. The van der Waals surface area contributed by atoms with Crippen LogP contribution in [0.4, 0.5) is 11.4 Å². The normalized spacial score (nSPS) is 12.0. The Hall–Kier alpha value is -3.98. The van der Waals surface area contributed by atoms with Crippen molar-refractivity contribution in [3.63, 3.8) is 0 Å². The molecule has 180 valence electrons. The molecule has 9 heteroatoms. The molecule has 1 amide bonds. The van der Waals surface area contributed by atoms with E-state index in [4.69, 9.17) is 0 Å². The molecular formula is C26H26N4O4S. The van der Waals surface area contributed by atoms with E-state index in [9.17, 15) is 18.3 Å². The van der Waals surface area contributed by atoms with Crippen LogP contribution < -0.4 is 4.72 Å². The molecule has 0 radical (unpaired) electrons. The molecule has 4 rings (SSSR count). The van der Waals surface area contributed by atoms with Crippen LogP contribution in [0.5, 0.6) is 5.88 Å². The number of carbonyl (C=O) groups excluding carboxylic acids is 1. The van der Waals surface area contributed by atoms with Crippen LogP contribution in [-0.2, 0) is 10.0 Å². The Morgan fingerprint density at radius 1 is 1.00 bits per heavy atom. The van der Waals surface area contributed by atoms with Gasteiger partial charge in [-0.1, -0.05) is 42.0 Å². The summed E-state index contributed by atoms with van der Waals surface area (Å²) in [5.74, 6) is -0.818. The summed E-state index contributed by atoms with van der Waals surface area (Å²) in [4.78, 5) is 12.7. The van der Waals surface area contributed by atoms with E-state index in [0.717, 1.165) is 16.6 Å². The number of aromatic nitrogens is 1. The predicted octanol–water partition coefficient (Wildman–Crippen LogP) is 6.27. The molecular weight excluding hydrogens is 464 g/mol. The minimum Gasteiger partial charge on any atom is -0.493 e. The molecule has 3 aromatic carbocycles. The third-order valence-electron chi connectivity index (χ3n) is 5.63. The highest BCUT2D eigenvalue weighted by Gasteiger charge is 2.20. The molecule has 35 heavy (non-hydrogen) atoms. The molecule has 0 unspecified atom stereocenters. The molecule has 8 nitrogen and oxygen atoms in total. The number of aromatic hydroxyl groups is 1. The number of nitrogens with zero attached hydrogens (tertiary/aromatic N) is 3. The molecule has 2 N–H and O–H groups in total. The van der Waals surface area contributed by atoms with Gasteiger partial charge in [0.15, 0.2) is 5.69 Å². The van der Waals surface area contributed by atoms with Crippen molar-refractivity contribution >= 4 is 38.2 Å². The summed E-state index contributed by atoms with van der Waals surface area (Å²) < 4.78 is 30.2. The molecule has 4 aromatic rings. The largest absolute Gasteiger partial charge is 0.493 e. The molecule has 0 fully saturated rings. The second-order valence-corrected chi connectivity index (χ2v) is 10.3. The Morgan fingerprint density at radius 2 is 1.74 bits per heavy atom. The number of amides is 1. The quantitative estimate of drug-likeness (QED) is 0.310. The molecule has 0 saturated carbocycles. The second kappa shape index (κ2) is 9.34. The maximum atomic E-state index is 12.9. The van der Waals surface area contributed by atoms with Crippen LogP contribution in [0.25, 0.3) is 10.9 Å². The van der Waals surface area contributed by atoms with E-state index >= 15 is 0 Å². The molecule has 1 heterocycles. The van der Waals surface area contributed by atoms with E-state index in [0.29, 0.717) is 11.1 Å². The van der Waals surface area contributed by atoms with Crippen molar-refractivity contribution in [2.24, 2.45) is 10.2 Å². The molecule has 0 spiro atoms. The number of para-hydroxylation sites is 1. The third kappa shape index (κ3) is 4.81. The smallest absolute Gasteiger partial charge is 0.295 e. The number of carbonyl (C=O) groups is 1. The lowest BCUT2D eigenvalue weighted by atomic mass is 10.1. The van der Waals surface area contributed by atoms with Gasteiger partial charge in [-0.25, -0.2) is 8.42 Å². The first-order valence-electron chi connectivity index (χ1n) is 11.1. The SMILES string of the molecule is Cc1ccc(NS(=O)(=O)c2cccc(C(=O)N=Nc3c(O)n(C(C)C)c4ccccc34)c2)c(C)c1. The minimum atomic E-state index is -3.93. The Bertz CT molecular complexity index is 1570. The zero-order valence-electron chi connectivity index (χ0n) is 19.9. The monoisotopic (exact) mass is 490 g/mol. The average Bonchev–Trinajstić information content (AvgIpc) is 3.10. The van der Waals surface area contributed by atoms with E-state index in [1.807, 2.05) is 58.0 Å². The summed E-state index contributed by atoms with van der Waals surface area (Å²) >= 11 is 0. The Balaban J connectivity index is 1.63. The zero-order valence-corrected chi connectivity index (χ0v) is 20.7. The standard InChI is InChI=1S/C26H26N4O4S/c1-16(2)30-23-11-6-5-10-21(23)24(26(30)32)27-28-25(31)19-8-7-9-20(15-19)35(33,34)29-22-13-12-17(3)14-18(22)4/h5-16,29,32H,1-4H3. The van der Waals surface area contributed by atoms with Crippen molar-refractivity contribution < 1.29 is 18.3 Å². The highest BCUT2D eigenvalue weighted by atomic mass is 32.2. The summed E-state index contributed by atoms with van der Waals surface area (Å²) in [6.45, 7) is 7.60. The van der Waals surface area contributed by atoms with E-state index in [-0.39, 0.29) is 28.1 Å². The average molecular weight is 491 g/mol. The van der Waals surface area contributed by atoms with Crippen molar-refractivity contribution in [1.82, 2.24) is 4.57 Å². The lowest BCUT2D eigenvalue weighted by molar-refractivity contribution is 0.0995. The molecule has 0 saturated heterocycles. The van der Waals surface area contributed by atoms with Crippen LogP contribution in [0.3, 0.4) is 0 Å². The van der Waals surface area contributed by atoms with Gasteiger partial charge < -0.3 is 9.67 Å². The fraction of sp³-hybridized carbons (Fsp3) is 0.192. The lowest BCUT2D eigenvalue weighted by Crippen LogP contribution is -2.14. The van der Waals surface area contributed by atoms with Gasteiger partial charge in [0.1, 0.15) is 0 Å². The van der Waals surface area contributed by atoms with Crippen LogP contribution in [0.15, 0.2) is 81.9 Å². The fourth-order valence-electron chi connectivity index (χ4n) is 3.94. The first-order chi connectivity index (χ1) is 16.6. The van der Waals surface area contributed by atoms with Crippen LogP contribution in [0, 0.1) is 13.8 Å². The van der Waals surface area contributed by atoms with E-state index in [1.54, 1.807) is 16.7 Å². The number of azo groups is 1. The molecule has 0 bridgehead atoms. The molecule has 0 aliphatic rings. The van der Waals surface area contributed by atoms with Gasteiger partial charge in [0.25, 0.3) is 15.9 Å². The molecule has 0 aliphatic heterocycles. The minimum absolute atomic E-state index is 0.0360. The maximum absolute atomic E-state index is 12.9. The molecule has 0 aliphatic carbocycles. The van der Waals surface area contributed by atoms with Crippen LogP contribution in [-0.4, -0.2) is 24.0 Å². The van der Waals surface area contributed by atoms with Gasteiger partial charge in [0, 0.05) is 17.0 Å². The molecule has 1 aromatic heterocycles. The van der Waals surface area contributed by atoms with Crippen LogP contribution in [0.1, 0.15) is 41.4 Å².